The van der Waals surface area contributed by atoms with Crippen LogP contribution in [0.2, 0.25) is 0 Å². The molecule has 194 valence electrons. The molecule has 38 heavy (non-hydrogen) atoms. The number of hydrogen-bond donors (Lipinski definition) is 1. The zero-order valence-corrected chi connectivity index (χ0v) is 21.1. The normalized spacial score (nSPS) is 16.3. The molecule has 11 heteroatoms. The van der Waals surface area contributed by atoms with Crippen molar-refractivity contribution < 1.29 is 31.9 Å². The first kappa shape index (κ1) is 23.9. The number of anilines is 2. The number of carbonyl (C=O) groups excluding carboxylic acids is 1. The standard InChI is InChI=1S/C27H23N3O7S/c1-17-16-30(22-4-2-3-5-23(22)36-17)38(32,33)20-9-7-19(8-10-20)28-27(31)21-15-25(37-29-21)18-6-11-24-26(14-18)35-13-12-34-24/h2-11,14-15,17H,12-13,16H2,1H3,(H,28,31)/t17-/m0/s1. The van der Waals surface area contributed by atoms with Gasteiger partial charge in [0.05, 0.1) is 17.1 Å². The Morgan fingerprint density at radius 2 is 1.71 bits per heavy atom. The second kappa shape index (κ2) is 9.42. The summed E-state index contributed by atoms with van der Waals surface area (Å²) in [6.45, 7) is 2.96. The number of benzene rings is 3. The van der Waals surface area contributed by atoms with Gasteiger partial charge in [-0.05, 0) is 61.5 Å². The molecule has 1 aromatic heterocycles. The summed E-state index contributed by atoms with van der Waals surface area (Å²) < 4.78 is 50.5. The van der Waals surface area contributed by atoms with Crippen LogP contribution in [0.15, 0.2) is 82.2 Å². The van der Waals surface area contributed by atoms with Crippen molar-refractivity contribution in [3.63, 3.8) is 0 Å². The average Bonchev–Trinajstić information content (AvgIpc) is 3.43. The summed E-state index contributed by atoms with van der Waals surface area (Å²) in [4.78, 5) is 12.9. The van der Waals surface area contributed by atoms with Crippen LogP contribution >= 0.6 is 0 Å². The smallest absolute Gasteiger partial charge is 0.277 e. The molecule has 0 radical (unpaired) electrons. The first-order chi connectivity index (χ1) is 18.4. The van der Waals surface area contributed by atoms with Crippen LogP contribution in [0.1, 0.15) is 17.4 Å². The van der Waals surface area contributed by atoms with Crippen molar-refractivity contribution in [2.75, 3.05) is 29.4 Å². The van der Waals surface area contributed by atoms with Crippen LogP contribution in [0.4, 0.5) is 11.4 Å². The van der Waals surface area contributed by atoms with Gasteiger partial charge >= 0.3 is 0 Å². The SMILES string of the molecule is C[C@H]1CN(S(=O)(=O)c2ccc(NC(=O)c3cc(-c4ccc5c(c4)OCCO5)on3)cc2)c2ccccc2O1. The van der Waals surface area contributed by atoms with Gasteiger partial charge in [0.25, 0.3) is 15.9 Å². The number of rotatable bonds is 5. The molecule has 2 aliphatic heterocycles. The monoisotopic (exact) mass is 533 g/mol. The van der Waals surface area contributed by atoms with Gasteiger partial charge in [-0.25, -0.2) is 8.42 Å². The summed E-state index contributed by atoms with van der Waals surface area (Å²) in [5.74, 6) is 1.66. The molecule has 4 aromatic rings. The van der Waals surface area contributed by atoms with Crippen LogP contribution in [0.3, 0.4) is 0 Å². The summed E-state index contributed by atoms with van der Waals surface area (Å²) in [6.07, 6.45) is -0.298. The van der Waals surface area contributed by atoms with Crippen molar-refractivity contribution >= 4 is 27.3 Å². The molecule has 0 unspecified atom stereocenters. The van der Waals surface area contributed by atoms with E-state index in [2.05, 4.69) is 10.5 Å². The van der Waals surface area contributed by atoms with E-state index < -0.39 is 15.9 Å². The Balaban J connectivity index is 1.17. The highest BCUT2D eigenvalue weighted by atomic mass is 32.2. The van der Waals surface area contributed by atoms with Crippen LogP contribution in [0.25, 0.3) is 11.3 Å². The predicted octanol–water partition coefficient (Wildman–Crippen LogP) is 4.34. The van der Waals surface area contributed by atoms with Gasteiger partial charge in [0.2, 0.25) is 0 Å². The molecular weight excluding hydrogens is 510 g/mol. The second-order valence-electron chi connectivity index (χ2n) is 8.85. The van der Waals surface area contributed by atoms with Crippen LogP contribution in [0.5, 0.6) is 17.2 Å². The van der Waals surface area contributed by atoms with Gasteiger partial charge in [0.1, 0.15) is 25.1 Å². The fraction of sp³-hybridized carbons (Fsp3) is 0.185. The van der Waals surface area contributed by atoms with E-state index >= 15 is 0 Å². The average molecular weight is 534 g/mol. The maximum Gasteiger partial charge on any atom is 0.277 e. The van der Waals surface area contributed by atoms with Gasteiger partial charge in [-0.1, -0.05) is 17.3 Å². The number of nitrogens with one attached hydrogen (secondary N) is 1. The minimum Gasteiger partial charge on any atom is -0.487 e. The predicted molar refractivity (Wildman–Crippen MR) is 138 cm³/mol. The zero-order chi connectivity index (χ0) is 26.3. The molecule has 3 heterocycles. The number of aromatic nitrogens is 1. The number of fused-ring (bicyclic) bond motifs is 2. The number of para-hydroxylation sites is 2. The molecule has 0 saturated heterocycles. The Bertz CT molecular complexity index is 1620. The summed E-state index contributed by atoms with van der Waals surface area (Å²) in [7, 11) is -3.85. The number of hydrogen-bond acceptors (Lipinski definition) is 8. The molecule has 1 N–H and O–H groups in total. The van der Waals surface area contributed by atoms with Gasteiger partial charge in [-0.2, -0.15) is 0 Å². The fourth-order valence-electron chi connectivity index (χ4n) is 4.32. The van der Waals surface area contributed by atoms with Gasteiger partial charge in [0, 0.05) is 17.3 Å². The van der Waals surface area contributed by atoms with Crippen LogP contribution in [0, 0.1) is 0 Å². The topological polar surface area (TPSA) is 120 Å². The highest BCUT2D eigenvalue weighted by Crippen LogP contribution is 2.37. The molecular formula is C27H23N3O7S. The van der Waals surface area contributed by atoms with Gasteiger partial charge in [-0.15, -0.1) is 0 Å². The van der Waals surface area contributed by atoms with E-state index in [1.54, 1.807) is 42.5 Å². The summed E-state index contributed by atoms with van der Waals surface area (Å²) in [5.41, 5.74) is 1.66. The lowest BCUT2D eigenvalue weighted by Gasteiger charge is -2.34. The van der Waals surface area contributed by atoms with Crippen molar-refractivity contribution in [1.29, 1.82) is 0 Å². The van der Waals surface area contributed by atoms with Gasteiger partial charge in [0.15, 0.2) is 23.0 Å². The van der Waals surface area contributed by atoms with Crippen molar-refractivity contribution in [3.05, 3.63) is 78.5 Å². The summed E-state index contributed by atoms with van der Waals surface area (Å²) in [5, 5.41) is 6.59. The third-order valence-corrected chi connectivity index (χ3v) is 7.95. The van der Waals surface area contributed by atoms with E-state index in [0.29, 0.717) is 53.2 Å². The highest BCUT2D eigenvalue weighted by molar-refractivity contribution is 7.92. The van der Waals surface area contributed by atoms with Crippen LogP contribution in [-0.2, 0) is 10.0 Å². The van der Waals surface area contributed by atoms with Crippen molar-refractivity contribution in [1.82, 2.24) is 5.16 Å². The first-order valence-corrected chi connectivity index (χ1v) is 13.4. The van der Waals surface area contributed by atoms with Gasteiger partial charge < -0.3 is 24.1 Å². The van der Waals surface area contributed by atoms with Crippen LogP contribution < -0.4 is 23.8 Å². The van der Waals surface area contributed by atoms with E-state index in [4.69, 9.17) is 18.7 Å². The lowest BCUT2D eigenvalue weighted by atomic mass is 10.1. The van der Waals surface area contributed by atoms with Gasteiger partial charge in [-0.3, -0.25) is 9.10 Å². The van der Waals surface area contributed by atoms with E-state index in [9.17, 15) is 13.2 Å². The maximum absolute atomic E-state index is 13.4. The van der Waals surface area contributed by atoms with E-state index in [1.165, 1.54) is 34.6 Å². The Hall–Kier alpha value is -4.51. The number of nitrogens with zero attached hydrogens (tertiary/aromatic N) is 2. The molecule has 1 atom stereocenters. The van der Waals surface area contributed by atoms with E-state index in [1.807, 2.05) is 6.92 Å². The Labute approximate surface area is 218 Å². The largest absolute Gasteiger partial charge is 0.487 e. The molecule has 0 aliphatic carbocycles. The highest BCUT2D eigenvalue weighted by Gasteiger charge is 2.32. The zero-order valence-electron chi connectivity index (χ0n) is 20.3. The minimum absolute atomic E-state index is 0.0745. The first-order valence-electron chi connectivity index (χ1n) is 11.9. The van der Waals surface area contributed by atoms with Crippen molar-refractivity contribution in [3.8, 4) is 28.6 Å². The number of sulfonamides is 1. The summed E-state index contributed by atoms with van der Waals surface area (Å²) >= 11 is 0. The second-order valence-corrected chi connectivity index (χ2v) is 10.7. The summed E-state index contributed by atoms with van der Waals surface area (Å²) in [6, 6.07) is 19.9. The number of carbonyl (C=O) groups is 1. The third-order valence-electron chi connectivity index (χ3n) is 6.15. The number of amides is 1. The fourth-order valence-corrected chi connectivity index (χ4v) is 5.87. The molecule has 2 aliphatic rings. The quantitative estimate of drug-likeness (QED) is 0.402. The van der Waals surface area contributed by atoms with Crippen LogP contribution in [-0.4, -0.2) is 45.3 Å². The van der Waals surface area contributed by atoms with Crippen molar-refractivity contribution in [2.24, 2.45) is 0 Å². The lowest BCUT2D eigenvalue weighted by molar-refractivity contribution is 0.101. The van der Waals surface area contributed by atoms with Crippen molar-refractivity contribution in [2.45, 2.75) is 17.9 Å². The molecule has 3 aromatic carbocycles. The maximum atomic E-state index is 13.4. The molecule has 0 fully saturated rings. The lowest BCUT2D eigenvalue weighted by Crippen LogP contribution is -2.42. The molecule has 1 amide bonds. The third kappa shape index (κ3) is 4.41. The molecule has 6 rings (SSSR count). The Kier molecular flexibility index (Phi) is 5.91. The molecule has 0 spiro atoms. The number of ether oxygens (including phenoxy) is 3. The molecule has 10 nitrogen and oxygen atoms in total. The van der Waals surface area contributed by atoms with E-state index in [0.717, 1.165) is 0 Å². The molecule has 0 bridgehead atoms. The Morgan fingerprint density at radius 3 is 2.53 bits per heavy atom. The minimum atomic E-state index is -3.85. The Morgan fingerprint density at radius 1 is 0.947 bits per heavy atom. The molecule has 0 saturated carbocycles. The van der Waals surface area contributed by atoms with E-state index in [-0.39, 0.29) is 23.2 Å².